The molecule has 3 heteroatoms. The summed E-state index contributed by atoms with van der Waals surface area (Å²) in [5, 5.41) is 8.82. The Morgan fingerprint density at radius 2 is 2.10 bits per heavy atom. The molecule has 0 aliphatic carbocycles. The summed E-state index contributed by atoms with van der Waals surface area (Å²) in [5.41, 5.74) is 1.55. The van der Waals surface area contributed by atoms with Crippen LogP contribution in [0.2, 0.25) is 0 Å². The molecule has 0 aromatic heterocycles. The van der Waals surface area contributed by atoms with Gasteiger partial charge in [-0.1, -0.05) is 44.7 Å². The Labute approximate surface area is 127 Å². The van der Waals surface area contributed by atoms with Crippen molar-refractivity contribution in [2.45, 2.75) is 27.2 Å². The molecule has 1 saturated heterocycles. The summed E-state index contributed by atoms with van der Waals surface area (Å²) in [5.74, 6) is 6.06. The van der Waals surface area contributed by atoms with E-state index in [4.69, 9.17) is 5.11 Å². The fourth-order valence-electron chi connectivity index (χ4n) is 2.74. The highest BCUT2D eigenvalue weighted by Gasteiger charge is 2.34. The Bertz CT molecular complexity index is 575. The lowest BCUT2D eigenvalue weighted by molar-refractivity contribution is 0.0776. The van der Waals surface area contributed by atoms with Gasteiger partial charge in [0.15, 0.2) is 0 Å². The second-order valence-corrected chi connectivity index (χ2v) is 6.61. The van der Waals surface area contributed by atoms with Gasteiger partial charge in [0.25, 0.3) is 5.91 Å². The lowest BCUT2D eigenvalue weighted by atomic mass is 9.80. The van der Waals surface area contributed by atoms with Gasteiger partial charge in [0.2, 0.25) is 0 Å². The number of hydrogen-bond acceptors (Lipinski definition) is 2. The minimum Gasteiger partial charge on any atom is -0.384 e. The summed E-state index contributed by atoms with van der Waals surface area (Å²) in [7, 11) is 0. The van der Waals surface area contributed by atoms with Crippen molar-refractivity contribution in [3.05, 3.63) is 35.4 Å². The molecule has 112 valence electrons. The molecule has 0 radical (unpaired) electrons. The van der Waals surface area contributed by atoms with Gasteiger partial charge in [-0.25, -0.2) is 0 Å². The van der Waals surface area contributed by atoms with Gasteiger partial charge in [0.1, 0.15) is 6.61 Å². The van der Waals surface area contributed by atoms with Gasteiger partial charge >= 0.3 is 0 Å². The zero-order valence-corrected chi connectivity index (χ0v) is 13.0. The van der Waals surface area contributed by atoms with Gasteiger partial charge in [-0.15, -0.1) is 0 Å². The number of carbonyl (C=O) groups is 1. The molecule has 1 aromatic rings. The van der Waals surface area contributed by atoms with Crippen LogP contribution in [0.3, 0.4) is 0 Å². The maximum atomic E-state index is 12.7. The number of hydrogen-bond donors (Lipinski definition) is 1. The fourth-order valence-corrected chi connectivity index (χ4v) is 2.74. The van der Waals surface area contributed by atoms with Gasteiger partial charge in [-0.3, -0.25) is 4.79 Å². The van der Waals surface area contributed by atoms with Crippen LogP contribution in [0.25, 0.3) is 0 Å². The smallest absolute Gasteiger partial charge is 0.255 e. The molecular weight excluding hydrogens is 262 g/mol. The predicted octanol–water partition coefficient (Wildman–Crippen LogP) is 2.54. The van der Waals surface area contributed by atoms with E-state index in [1.165, 1.54) is 0 Å². The molecule has 1 amide bonds. The second kappa shape index (κ2) is 6.32. The van der Waals surface area contributed by atoms with Gasteiger partial charge in [-0.05, 0) is 29.9 Å². The van der Waals surface area contributed by atoms with Crippen LogP contribution in [-0.4, -0.2) is 35.6 Å². The normalized spacial score (nSPS) is 18.3. The number of likely N-dealkylation sites (tertiary alicyclic amines) is 1. The Hall–Kier alpha value is -1.79. The SMILES string of the molecule is CC(C)(C)C1CCN(C(=O)c2ccccc2C#CCO)C1. The summed E-state index contributed by atoms with van der Waals surface area (Å²) in [6.07, 6.45) is 1.06. The van der Waals surface area contributed by atoms with E-state index in [1.54, 1.807) is 0 Å². The van der Waals surface area contributed by atoms with Crippen LogP contribution in [0.1, 0.15) is 43.1 Å². The quantitative estimate of drug-likeness (QED) is 0.806. The number of aliphatic hydroxyl groups is 1. The highest BCUT2D eigenvalue weighted by molar-refractivity contribution is 5.96. The number of amides is 1. The number of carbonyl (C=O) groups excluding carboxylic acids is 1. The highest BCUT2D eigenvalue weighted by Crippen LogP contribution is 2.34. The average molecular weight is 285 g/mol. The van der Waals surface area contributed by atoms with E-state index in [0.29, 0.717) is 17.0 Å². The molecule has 1 heterocycles. The minimum atomic E-state index is -0.196. The van der Waals surface area contributed by atoms with Crippen molar-refractivity contribution >= 4 is 5.91 Å². The third-order valence-corrected chi connectivity index (χ3v) is 4.16. The first kappa shape index (κ1) is 15.6. The van der Waals surface area contributed by atoms with Crippen molar-refractivity contribution < 1.29 is 9.90 Å². The zero-order chi connectivity index (χ0) is 15.5. The second-order valence-electron chi connectivity index (χ2n) is 6.61. The molecular formula is C18H23NO2. The molecule has 1 aliphatic rings. The van der Waals surface area contributed by atoms with Crippen LogP contribution in [0.5, 0.6) is 0 Å². The maximum absolute atomic E-state index is 12.7. The number of rotatable bonds is 1. The summed E-state index contributed by atoms with van der Waals surface area (Å²) >= 11 is 0. The highest BCUT2D eigenvalue weighted by atomic mass is 16.2. The standard InChI is InChI=1S/C18H23NO2/c1-18(2,3)15-10-11-19(13-15)17(21)16-9-5-4-7-14(16)8-6-12-20/h4-5,7,9,15,20H,10-13H2,1-3H3. The zero-order valence-electron chi connectivity index (χ0n) is 13.0. The molecule has 1 unspecified atom stereocenters. The molecule has 0 saturated carbocycles. The van der Waals surface area contributed by atoms with Gasteiger partial charge < -0.3 is 10.0 Å². The minimum absolute atomic E-state index is 0.0459. The van der Waals surface area contributed by atoms with E-state index < -0.39 is 0 Å². The van der Waals surface area contributed by atoms with Crippen molar-refractivity contribution in [2.75, 3.05) is 19.7 Å². The molecule has 1 aromatic carbocycles. The van der Waals surface area contributed by atoms with Crippen LogP contribution in [-0.2, 0) is 0 Å². The van der Waals surface area contributed by atoms with Crippen molar-refractivity contribution in [1.82, 2.24) is 4.90 Å². The Balaban J connectivity index is 2.18. The molecule has 1 N–H and O–H groups in total. The van der Waals surface area contributed by atoms with Gasteiger partial charge in [0, 0.05) is 18.7 Å². The van der Waals surface area contributed by atoms with Gasteiger partial charge in [0.05, 0.1) is 5.56 Å². The Kier molecular flexibility index (Phi) is 4.69. The van der Waals surface area contributed by atoms with E-state index in [1.807, 2.05) is 29.2 Å². The molecule has 0 bridgehead atoms. The van der Waals surface area contributed by atoms with Crippen LogP contribution in [0, 0.1) is 23.2 Å². The van der Waals surface area contributed by atoms with E-state index >= 15 is 0 Å². The first-order chi connectivity index (χ1) is 9.93. The largest absolute Gasteiger partial charge is 0.384 e. The van der Waals surface area contributed by atoms with Crippen molar-refractivity contribution in [2.24, 2.45) is 11.3 Å². The van der Waals surface area contributed by atoms with Crippen LogP contribution >= 0.6 is 0 Å². The first-order valence-electron chi connectivity index (χ1n) is 7.41. The van der Waals surface area contributed by atoms with E-state index in [2.05, 4.69) is 32.6 Å². The topological polar surface area (TPSA) is 40.5 Å². The molecule has 3 nitrogen and oxygen atoms in total. The molecule has 1 aliphatic heterocycles. The number of nitrogens with zero attached hydrogens (tertiary/aromatic N) is 1. The fraction of sp³-hybridized carbons (Fsp3) is 0.500. The maximum Gasteiger partial charge on any atom is 0.255 e. The average Bonchev–Trinajstić information content (AvgIpc) is 2.94. The van der Waals surface area contributed by atoms with Crippen molar-refractivity contribution in [1.29, 1.82) is 0 Å². The van der Waals surface area contributed by atoms with E-state index in [0.717, 1.165) is 19.5 Å². The third kappa shape index (κ3) is 3.65. The Morgan fingerprint density at radius 1 is 1.38 bits per heavy atom. The molecule has 1 atom stereocenters. The lowest BCUT2D eigenvalue weighted by Crippen LogP contribution is -2.31. The summed E-state index contributed by atoms with van der Waals surface area (Å²) in [6.45, 7) is 8.11. The number of benzene rings is 1. The summed E-state index contributed by atoms with van der Waals surface area (Å²) in [4.78, 5) is 14.6. The molecule has 1 fully saturated rings. The van der Waals surface area contributed by atoms with Crippen molar-refractivity contribution in [3.8, 4) is 11.8 Å². The Morgan fingerprint density at radius 3 is 2.71 bits per heavy atom. The van der Waals surface area contributed by atoms with Crippen LogP contribution in [0.4, 0.5) is 0 Å². The van der Waals surface area contributed by atoms with E-state index in [-0.39, 0.29) is 17.9 Å². The summed E-state index contributed by atoms with van der Waals surface area (Å²) < 4.78 is 0. The summed E-state index contributed by atoms with van der Waals surface area (Å²) in [6, 6.07) is 7.36. The van der Waals surface area contributed by atoms with E-state index in [9.17, 15) is 4.79 Å². The molecule has 21 heavy (non-hydrogen) atoms. The van der Waals surface area contributed by atoms with Crippen molar-refractivity contribution in [3.63, 3.8) is 0 Å². The first-order valence-corrected chi connectivity index (χ1v) is 7.41. The monoisotopic (exact) mass is 285 g/mol. The van der Waals surface area contributed by atoms with Crippen LogP contribution in [0.15, 0.2) is 24.3 Å². The predicted molar refractivity (Wildman–Crippen MR) is 83.9 cm³/mol. The number of aliphatic hydroxyl groups excluding tert-OH is 1. The molecule has 2 rings (SSSR count). The van der Waals surface area contributed by atoms with Gasteiger partial charge in [-0.2, -0.15) is 0 Å². The lowest BCUT2D eigenvalue weighted by Gasteiger charge is -2.27. The molecule has 0 spiro atoms. The van der Waals surface area contributed by atoms with Crippen LogP contribution < -0.4 is 0 Å². The third-order valence-electron chi connectivity index (χ3n) is 4.16.